The van der Waals surface area contributed by atoms with Crippen LogP contribution in [0, 0.1) is 5.92 Å². The molecule has 2 aromatic rings. The van der Waals surface area contributed by atoms with Crippen molar-refractivity contribution < 1.29 is 8.42 Å². The highest BCUT2D eigenvalue weighted by molar-refractivity contribution is 7.89. The summed E-state index contributed by atoms with van der Waals surface area (Å²) in [6.07, 6.45) is 1.72. The number of nitrogens with zero attached hydrogens (tertiary/aromatic N) is 2. The zero-order valence-electron chi connectivity index (χ0n) is 12.0. The molecule has 0 fully saturated rings. The summed E-state index contributed by atoms with van der Waals surface area (Å²) in [5.41, 5.74) is 0. The van der Waals surface area contributed by atoms with Crippen molar-refractivity contribution in [3.8, 4) is 0 Å². The fraction of sp³-hybridized carbons (Fsp3) is 0.583. The SMILES string of the molecule is CCNc1nc2sccn2c1S(=O)(=O)NC(C)C(C)C. The molecule has 0 aromatic carbocycles. The lowest BCUT2D eigenvalue weighted by molar-refractivity contribution is 0.475. The maximum absolute atomic E-state index is 12.6. The van der Waals surface area contributed by atoms with Crippen LogP contribution in [0.4, 0.5) is 5.82 Å². The van der Waals surface area contributed by atoms with E-state index in [9.17, 15) is 8.42 Å². The van der Waals surface area contributed by atoms with Crippen LogP contribution in [-0.4, -0.2) is 30.4 Å². The van der Waals surface area contributed by atoms with E-state index in [4.69, 9.17) is 0 Å². The van der Waals surface area contributed by atoms with Gasteiger partial charge < -0.3 is 5.32 Å². The van der Waals surface area contributed by atoms with E-state index < -0.39 is 10.0 Å². The normalized spacial score (nSPS) is 14.1. The molecule has 2 heterocycles. The average molecular weight is 316 g/mol. The van der Waals surface area contributed by atoms with Crippen molar-refractivity contribution >= 4 is 32.1 Å². The van der Waals surface area contributed by atoms with Gasteiger partial charge in [-0.3, -0.25) is 4.40 Å². The Labute approximate surface area is 123 Å². The number of rotatable bonds is 6. The van der Waals surface area contributed by atoms with Crippen molar-refractivity contribution in [2.24, 2.45) is 5.92 Å². The highest BCUT2D eigenvalue weighted by Crippen LogP contribution is 2.26. The zero-order valence-corrected chi connectivity index (χ0v) is 13.7. The van der Waals surface area contributed by atoms with Gasteiger partial charge in [-0.1, -0.05) is 13.8 Å². The number of nitrogens with one attached hydrogen (secondary N) is 2. The molecule has 0 saturated heterocycles. The predicted molar refractivity (Wildman–Crippen MR) is 81.9 cm³/mol. The molecular weight excluding hydrogens is 296 g/mol. The summed E-state index contributed by atoms with van der Waals surface area (Å²) in [5, 5.41) is 5.02. The monoisotopic (exact) mass is 316 g/mol. The van der Waals surface area contributed by atoms with Crippen molar-refractivity contribution in [1.82, 2.24) is 14.1 Å². The first-order valence-corrected chi connectivity index (χ1v) is 8.94. The van der Waals surface area contributed by atoms with E-state index in [0.29, 0.717) is 17.3 Å². The molecule has 20 heavy (non-hydrogen) atoms. The number of sulfonamides is 1. The molecular formula is C12H20N4O2S2. The van der Waals surface area contributed by atoms with Crippen LogP contribution in [0.3, 0.4) is 0 Å². The molecule has 0 saturated carbocycles. The van der Waals surface area contributed by atoms with Gasteiger partial charge >= 0.3 is 0 Å². The quantitative estimate of drug-likeness (QED) is 0.856. The van der Waals surface area contributed by atoms with Crippen molar-refractivity contribution in [3.05, 3.63) is 11.6 Å². The molecule has 0 spiro atoms. The summed E-state index contributed by atoms with van der Waals surface area (Å²) in [7, 11) is -3.62. The zero-order chi connectivity index (χ0) is 14.9. The van der Waals surface area contributed by atoms with Crippen LogP contribution in [0.5, 0.6) is 0 Å². The third-order valence-electron chi connectivity index (χ3n) is 3.16. The highest BCUT2D eigenvalue weighted by atomic mass is 32.2. The predicted octanol–water partition coefficient (Wildman–Crippen LogP) is 2.15. The lowest BCUT2D eigenvalue weighted by Crippen LogP contribution is -2.36. The molecule has 0 aliphatic carbocycles. The number of fused-ring (bicyclic) bond motifs is 1. The van der Waals surface area contributed by atoms with E-state index in [1.54, 1.807) is 10.6 Å². The van der Waals surface area contributed by atoms with Gasteiger partial charge in [0.25, 0.3) is 10.0 Å². The van der Waals surface area contributed by atoms with Crippen LogP contribution in [0.25, 0.3) is 4.96 Å². The number of hydrogen-bond acceptors (Lipinski definition) is 5. The molecule has 112 valence electrons. The number of imidazole rings is 1. The van der Waals surface area contributed by atoms with Gasteiger partial charge in [-0.25, -0.2) is 18.1 Å². The van der Waals surface area contributed by atoms with Crippen molar-refractivity contribution in [2.75, 3.05) is 11.9 Å². The highest BCUT2D eigenvalue weighted by Gasteiger charge is 2.27. The second kappa shape index (κ2) is 5.71. The molecule has 1 atom stereocenters. The Balaban J connectivity index is 2.48. The number of hydrogen-bond donors (Lipinski definition) is 2. The first-order chi connectivity index (χ1) is 9.36. The summed E-state index contributed by atoms with van der Waals surface area (Å²) in [6.45, 7) is 8.35. The molecule has 1 unspecified atom stereocenters. The first-order valence-electron chi connectivity index (χ1n) is 6.58. The summed E-state index contributed by atoms with van der Waals surface area (Å²) in [4.78, 5) is 5.00. The standard InChI is InChI=1S/C12H20N4O2S2/c1-5-13-10-11(16-6-7-19-12(16)14-10)20(17,18)15-9(4)8(2)3/h6-9,13,15H,5H2,1-4H3. The van der Waals surface area contributed by atoms with Gasteiger partial charge in [0.2, 0.25) is 0 Å². The van der Waals surface area contributed by atoms with Crippen molar-refractivity contribution in [3.63, 3.8) is 0 Å². The lowest BCUT2D eigenvalue weighted by Gasteiger charge is -2.17. The van der Waals surface area contributed by atoms with Crippen LogP contribution >= 0.6 is 11.3 Å². The number of aromatic nitrogens is 2. The second-order valence-corrected chi connectivity index (χ2v) is 7.51. The van der Waals surface area contributed by atoms with Gasteiger partial charge in [-0.05, 0) is 19.8 Å². The van der Waals surface area contributed by atoms with Crippen LogP contribution < -0.4 is 10.0 Å². The molecule has 0 radical (unpaired) electrons. The largest absolute Gasteiger partial charge is 0.368 e. The van der Waals surface area contributed by atoms with Crippen LogP contribution in [-0.2, 0) is 10.0 Å². The van der Waals surface area contributed by atoms with E-state index in [-0.39, 0.29) is 17.0 Å². The fourth-order valence-electron chi connectivity index (χ4n) is 1.74. The minimum atomic E-state index is -3.62. The number of anilines is 1. The Bertz CT molecular complexity index is 687. The molecule has 2 rings (SSSR count). The van der Waals surface area contributed by atoms with Gasteiger partial charge in [0.05, 0.1) is 0 Å². The van der Waals surface area contributed by atoms with E-state index in [2.05, 4.69) is 15.0 Å². The van der Waals surface area contributed by atoms with Gasteiger partial charge in [0, 0.05) is 24.2 Å². The Morgan fingerprint density at radius 1 is 1.40 bits per heavy atom. The topological polar surface area (TPSA) is 75.5 Å². The van der Waals surface area contributed by atoms with Gasteiger partial charge in [0.15, 0.2) is 15.8 Å². The third kappa shape index (κ3) is 2.82. The maximum atomic E-state index is 12.6. The smallest absolute Gasteiger partial charge is 0.260 e. The maximum Gasteiger partial charge on any atom is 0.260 e. The lowest BCUT2D eigenvalue weighted by atomic mass is 10.1. The molecule has 0 aliphatic heterocycles. The van der Waals surface area contributed by atoms with E-state index in [1.807, 2.05) is 33.1 Å². The minimum absolute atomic E-state index is 0.140. The Morgan fingerprint density at radius 2 is 2.10 bits per heavy atom. The Hall–Kier alpha value is -1.12. The van der Waals surface area contributed by atoms with E-state index in [1.165, 1.54) is 11.3 Å². The Kier molecular flexibility index (Phi) is 4.36. The molecule has 6 nitrogen and oxygen atoms in total. The van der Waals surface area contributed by atoms with Crippen LogP contribution in [0.1, 0.15) is 27.7 Å². The van der Waals surface area contributed by atoms with Crippen LogP contribution in [0.2, 0.25) is 0 Å². The molecule has 8 heteroatoms. The van der Waals surface area contributed by atoms with E-state index >= 15 is 0 Å². The van der Waals surface area contributed by atoms with Gasteiger partial charge in [-0.15, -0.1) is 11.3 Å². The summed E-state index contributed by atoms with van der Waals surface area (Å²) < 4.78 is 29.5. The molecule has 2 N–H and O–H groups in total. The molecule has 2 aromatic heterocycles. The second-order valence-electron chi connectivity index (χ2n) is 5.01. The fourth-order valence-corrected chi connectivity index (χ4v) is 4.16. The number of thiazole rings is 1. The summed E-state index contributed by atoms with van der Waals surface area (Å²) in [5.74, 6) is 0.626. The van der Waals surface area contributed by atoms with Crippen molar-refractivity contribution in [1.29, 1.82) is 0 Å². The van der Waals surface area contributed by atoms with Gasteiger partial charge in [-0.2, -0.15) is 0 Å². The molecule has 0 bridgehead atoms. The Morgan fingerprint density at radius 3 is 2.70 bits per heavy atom. The van der Waals surface area contributed by atoms with Crippen LogP contribution in [0.15, 0.2) is 16.6 Å². The van der Waals surface area contributed by atoms with Gasteiger partial charge in [0.1, 0.15) is 0 Å². The van der Waals surface area contributed by atoms with Crippen molar-refractivity contribution in [2.45, 2.75) is 38.8 Å². The third-order valence-corrected chi connectivity index (χ3v) is 5.50. The average Bonchev–Trinajstić information content (AvgIpc) is 2.87. The minimum Gasteiger partial charge on any atom is -0.368 e. The molecule has 0 aliphatic rings. The first kappa shape index (κ1) is 15.3. The molecule has 0 amide bonds. The van der Waals surface area contributed by atoms with E-state index in [0.717, 1.165) is 0 Å². The summed E-state index contributed by atoms with van der Waals surface area (Å²) in [6, 6.07) is -0.140. The summed E-state index contributed by atoms with van der Waals surface area (Å²) >= 11 is 1.41.